The normalized spacial score (nSPS) is 17.4. The lowest BCUT2D eigenvalue weighted by Crippen LogP contribution is -2.47. The number of piperidine rings is 2. The van der Waals surface area contributed by atoms with Gasteiger partial charge >= 0.3 is 6.18 Å². The van der Waals surface area contributed by atoms with Crippen molar-refractivity contribution in [2.24, 2.45) is 5.10 Å². The van der Waals surface area contributed by atoms with Crippen molar-refractivity contribution in [1.82, 2.24) is 19.9 Å². The number of nitrogens with one attached hydrogen (secondary N) is 2. The van der Waals surface area contributed by atoms with Crippen LogP contribution in [0, 0.1) is 5.82 Å². The zero-order valence-electron chi connectivity index (χ0n) is 22.0. The molecule has 3 aromatic rings. The Kier molecular flexibility index (Phi) is 8.73. The number of rotatable bonds is 8. The molecule has 0 saturated carbocycles. The summed E-state index contributed by atoms with van der Waals surface area (Å²) < 4.78 is 52.8. The third-order valence-electron chi connectivity index (χ3n) is 7.21. The Bertz CT molecular complexity index is 1300. The lowest BCUT2D eigenvalue weighted by molar-refractivity contribution is -0.137. The summed E-state index contributed by atoms with van der Waals surface area (Å²) in [5, 5.41) is 7.19. The van der Waals surface area contributed by atoms with Crippen molar-refractivity contribution in [1.29, 1.82) is 0 Å². The molecule has 0 unspecified atom stereocenters. The molecule has 2 saturated heterocycles. The van der Waals surface area contributed by atoms with Gasteiger partial charge < -0.3 is 15.1 Å². The summed E-state index contributed by atoms with van der Waals surface area (Å²) >= 11 is 0. The first-order valence-corrected chi connectivity index (χ1v) is 13.5. The van der Waals surface area contributed by atoms with Crippen LogP contribution in [0.25, 0.3) is 0 Å². The maximum absolute atomic E-state index is 13.6. The van der Waals surface area contributed by atoms with Gasteiger partial charge in [0.25, 0.3) is 0 Å². The van der Waals surface area contributed by atoms with Crippen LogP contribution in [0.2, 0.25) is 0 Å². The highest BCUT2D eigenvalue weighted by atomic mass is 19.4. The molecule has 1 aromatic heterocycles. The molecule has 3 heterocycles. The van der Waals surface area contributed by atoms with Crippen molar-refractivity contribution in [3.8, 4) is 0 Å². The smallest absolute Gasteiger partial charge is 0.350 e. The van der Waals surface area contributed by atoms with Crippen LogP contribution in [-0.4, -0.2) is 58.3 Å². The molecule has 12 heteroatoms. The number of nitrogens with zero attached hydrogens (tertiary/aromatic N) is 6. The summed E-state index contributed by atoms with van der Waals surface area (Å²) in [4.78, 5) is 18.2. The van der Waals surface area contributed by atoms with E-state index in [1.54, 1.807) is 12.1 Å². The van der Waals surface area contributed by atoms with Gasteiger partial charge in [-0.15, -0.1) is 0 Å². The highest BCUT2D eigenvalue weighted by molar-refractivity contribution is 5.80. The molecule has 0 atom stereocenters. The molecule has 0 spiro atoms. The summed E-state index contributed by atoms with van der Waals surface area (Å²) in [5.41, 5.74) is 2.98. The van der Waals surface area contributed by atoms with Crippen LogP contribution in [-0.2, 0) is 12.7 Å². The van der Waals surface area contributed by atoms with Gasteiger partial charge in [0.05, 0.1) is 11.8 Å². The summed E-state index contributed by atoms with van der Waals surface area (Å²) in [7, 11) is 0. The zero-order valence-corrected chi connectivity index (χ0v) is 22.0. The minimum atomic E-state index is -4.44. The van der Waals surface area contributed by atoms with Gasteiger partial charge in [0.15, 0.2) is 0 Å². The molecule has 2 aromatic carbocycles. The summed E-state index contributed by atoms with van der Waals surface area (Å²) in [6.07, 6.45) is 2.67. The molecule has 8 nitrogen and oxygen atoms in total. The number of halogens is 4. The molecular weight excluding hydrogens is 524 g/mol. The predicted molar refractivity (Wildman–Crippen MR) is 147 cm³/mol. The van der Waals surface area contributed by atoms with E-state index in [0.29, 0.717) is 18.5 Å². The van der Waals surface area contributed by atoms with E-state index in [1.165, 1.54) is 49.7 Å². The van der Waals surface area contributed by atoms with Crippen molar-refractivity contribution in [2.45, 2.75) is 50.9 Å². The molecule has 2 fully saturated rings. The number of hydrogen-bond donors (Lipinski definition) is 2. The first-order chi connectivity index (χ1) is 19.3. The average molecular weight is 557 g/mol. The van der Waals surface area contributed by atoms with E-state index in [4.69, 9.17) is 0 Å². The van der Waals surface area contributed by atoms with E-state index in [9.17, 15) is 17.6 Å². The maximum atomic E-state index is 13.6. The lowest BCUT2D eigenvalue weighted by Gasteiger charge is -2.40. The fourth-order valence-corrected chi connectivity index (χ4v) is 5.14. The van der Waals surface area contributed by atoms with E-state index >= 15 is 0 Å². The Balaban J connectivity index is 1.30. The van der Waals surface area contributed by atoms with Gasteiger partial charge in [0, 0.05) is 25.7 Å². The molecule has 0 radical (unpaired) electrons. The monoisotopic (exact) mass is 556 g/mol. The van der Waals surface area contributed by atoms with Gasteiger partial charge in [-0.05, 0) is 74.2 Å². The molecule has 2 N–H and O–H groups in total. The predicted octanol–water partition coefficient (Wildman–Crippen LogP) is 5.54. The average Bonchev–Trinajstić information content (AvgIpc) is 2.96. The summed E-state index contributed by atoms with van der Waals surface area (Å²) in [6, 6.07) is 11.7. The Morgan fingerprint density at radius 1 is 0.900 bits per heavy atom. The van der Waals surface area contributed by atoms with E-state index in [-0.39, 0.29) is 23.3 Å². The third-order valence-corrected chi connectivity index (χ3v) is 7.21. The second-order valence-electron chi connectivity index (χ2n) is 10.1. The van der Waals surface area contributed by atoms with Crippen molar-refractivity contribution in [2.75, 3.05) is 41.8 Å². The molecule has 212 valence electrons. The molecule has 2 aliphatic heterocycles. The van der Waals surface area contributed by atoms with Crippen molar-refractivity contribution >= 4 is 24.1 Å². The highest BCUT2D eigenvalue weighted by Gasteiger charge is 2.30. The van der Waals surface area contributed by atoms with E-state index in [2.05, 4.69) is 40.6 Å². The van der Waals surface area contributed by atoms with Gasteiger partial charge in [0.1, 0.15) is 5.82 Å². The van der Waals surface area contributed by atoms with E-state index < -0.39 is 11.7 Å². The lowest BCUT2D eigenvalue weighted by atomic mass is 10.0. The molecule has 5 rings (SSSR count). The SMILES string of the molecule is Fc1cccc(CNc2nc(N/N=C/c3cccc(C(F)(F)F)c3)nc(N3CCC(N4CCCCC4)CC3)n2)c1. The molecular formula is C28H32F4N8. The van der Waals surface area contributed by atoms with Crippen LogP contribution in [0.3, 0.4) is 0 Å². The summed E-state index contributed by atoms with van der Waals surface area (Å²) in [5.74, 6) is 0.571. The van der Waals surface area contributed by atoms with E-state index in [1.807, 2.05) is 0 Å². The summed E-state index contributed by atoms with van der Waals surface area (Å²) in [6.45, 7) is 4.19. The Hall–Kier alpha value is -3.80. The number of anilines is 3. The second kappa shape index (κ2) is 12.6. The van der Waals surface area contributed by atoms with Gasteiger partial charge in [-0.2, -0.15) is 33.2 Å². The fourth-order valence-electron chi connectivity index (χ4n) is 5.14. The molecule has 0 aliphatic carbocycles. The molecule has 2 aliphatic rings. The largest absolute Gasteiger partial charge is 0.416 e. The quantitative estimate of drug-likeness (QED) is 0.214. The first kappa shape index (κ1) is 27.8. The van der Waals surface area contributed by atoms with Crippen LogP contribution in [0.1, 0.15) is 48.8 Å². The zero-order chi connectivity index (χ0) is 28.0. The Labute approximate surface area is 230 Å². The minimum absolute atomic E-state index is 0.146. The first-order valence-electron chi connectivity index (χ1n) is 13.5. The standard InChI is InChI=1S/C28H32F4N8/c29-23-9-5-7-21(17-23)18-33-25-35-26(38-34-19-20-6-4-8-22(16-20)28(30,31)32)37-27(36-25)40-14-10-24(11-15-40)39-12-2-1-3-13-39/h4-9,16-17,19,24H,1-3,10-15,18H2,(H2,33,35,36,37,38)/b34-19+. The maximum Gasteiger partial charge on any atom is 0.416 e. The van der Waals surface area contributed by atoms with Crippen LogP contribution >= 0.6 is 0 Å². The van der Waals surface area contributed by atoms with Crippen molar-refractivity contribution in [3.63, 3.8) is 0 Å². The number of hydrogen-bond acceptors (Lipinski definition) is 8. The second-order valence-corrected chi connectivity index (χ2v) is 10.1. The Morgan fingerprint density at radius 3 is 2.40 bits per heavy atom. The van der Waals surface area contributed by atoms with Crippen LogP contribution < -0.4 is 15.6 Å². The third kappa shape index (κ3) is 7.44. The fraction of sp³-hybridized carbons (Fsp3) is 0.429. The minimum Gasteiger partial charge on any atom is -0.350 e. The molecule has 40 heavy (non-hydrogen) atoms. The van der Waals surface area contributed by atoms with Crippen LogP contribution in [0.4, 0.5) is 35.4 Å². The van der Waals surface area contributed by atoms with Gasteiger partial charge in [0.2, 0.25) is 17.8 Å². The highest BCUT2D eigenvalue weighted by Crippen LogP contribution is 2.29. The molecule has 0 amide bonds. The number of hydrazone groups is 1. The number of benzene rings is 2. The van der Waals surface area contributed by atoms with Crippen molar-refractivity contribution < 1.29 is 17.6 Å². The van der Waals surface area contributed by atoms with Crippen molar-refractivity contribution in [3.05, 3.63) is 71.0 Å². The van der Waals surface area contributed by atoms with Gasteiger partial charge in [-0.3, -0.25) is 0 Å². The number of likely N-dealkylation sites (tertiary alicyclic amines) is 1. The topological polar surface area (TPSA) is 81.6 Å². The van der Waals surface area contributed by atoms with Crippen LogP contribution in [0.15, 0.2) is 53.6 Å². The van der Waals surface area contributed by atoms with Crippen LogP contribution in [0.5, 0.6) is 0 Å². The van der Waals surface area contributed by atoms with E-state index in [0.717, 1.165) is 56.7 Å². The van der Waals surface area contributed by atoms with Gasteiger partial charge in [-0.25, -0.2) is 9.82 Å². The van der Waals surface area contributed by atoms with Gasteiger partial charge in [-0.1, -0.05) is 30.7 Å². The number of alkyl halides is 3. The molecule has 0 bridgehead atoms. The number of aromatic nitrogens is 3. The Morgan fingerprint density at radius 2 is 1.65 bits per heavy atom.